The Bertz CT molecular complexity index is 601. The largest absolute Gasteiger partial charge is 0.465 e. The Morgan fingerprint density at radius 3 is 2.05 bits per heavy atom. The average Bonchev–Trinajstić information content (AvgIpc) is 2.42. The van der Waals surface area contributed by atoms with Crippen LogP contribution in [0.1, 0.15) is 38.2 Å². The van der Waals surface area contributed by atoms with E-state index in [0.717, 1.165) is 6.42 Å². The van der Waals surface area contributed by atoms with Gasteiger partial charge in [-0.2, -0.15) is 0 Å². The number of hydrogen-bond acceptors (Lipinski definition) is 2. The number of hydrogen-bond donors (Lipinski definition) is 0. The van der Waals surface area contributed by atoms with Gasteiger partial charge in [0.15, 0.2) is 0 Å². The van der Waals surface area contributed by atoms with Crippen LogP contribution in [-0.2, 0) is 11.2 Å². The first kappa shape index (κ1) is 14.3. The van der Waals surface area contributed by atoms with Crippen molar-refractivity contribution in [2.24, 2.45) is 0 Å². The summed E-state index contributed by atoms with van der Waals surface area (Å²) in [6.07, 6.45) is 0.888. The lowest BCUT2D eigenvalue weighted by Gasteiger charge is -2.11. The molecule has 0 aliphatic rings. The second kappa shape index (κ2) is 5.91. The molecule has 20 heavy (non-hydrogen) atoms. The van der Waals surface area contributed by atoms with E-state index in [2.05, 4.69) is 32.9 Å². The highest BCUT2D eigenvalue weighted by Crippen LogP contribution is 2.20. The minimum absolute atomic E-state index is 0.292. The van der Waals surface area contributed by atoms with E-state index in [1.165, 1.54) is 34.9 Å². The molecule has 0 spiro atoms. The maximum absolute atomic E-state index is 11.4. The number of ether oxygens (including phenoxy) is 1. The van der Waals surface area contributed by atoms with Crippen molar-refractivity contribution in [3.05, 3.63) is 69.8 Å². The van der Waals surface area contributed by atoms with Crippen molar-refractivity contribution < 1.29 is 9.53 Å². The van der Waals surface area contributed by atoms with E-state index in [4.69, 9.17) is 4.74 Å². The molecule has 0 heterocycles. The molecule has 0 bridgehead atoms. The summed E-state index contributed by atoms with van der Waals surface area (Å²) >= 11 is 0. The van der Waals surface area contributed by atoms with Gasteiger partial charge in [0.25, 0.3) is 0 Å². The summed E-state index contributed by atoms with van der Waals surface area (Å²) in [6.45, 7) is 6.42. The minimum atomic E-state index is -0.292. The highest BCUT2D eigenvalue weighted by atomic mass is 16.5. The van der Waals surface area contributed by atoms with Crippen molar-refractivity contribution in [1.82, 2.24) is 0 Å². The fraction of sp³-hybridized carbons (Fsp3) is 0.278. The van der Waals surface area contributed by atoms with Crippen LogP contribution in [-0.4, -0.2) is 13.1 Å². The van der Waals surface area contributed by atoms with E-state index in [-0.39, 0.29) is 5.97 Å². The Kier molecular flexibility index (Phi) is 4.23. The Hall–Kier alpha value is -2.09. The molecule has 0 saturated carbocycles. The van der Waals surface area contributed by atoms with E-state index < -0.39 is 0 Å². The molecule has 2 rings (SSSR count). The monoisotopic (exact) mass is 268 g/mol. The van der Waals surface area contributed by atoms with Crippen LogP contribution in [0.2, 0.25) is 0 Å². The van der Waals surface area contributed by atoms with Crippen LogP contribution in [0.15, 0.2) is 36.4 Å². The summed E-state index contributed by atoms with van der Waals surface area (Å²) in [5, 5.41) is 0. The van der Waals surface area contributed by atoms with E-state index in [9.17, 15) is 4.79 Å². The summed E-state index contributed by atoms with van der Waals surface area (Å²) in [4.78, 5) is 11.4. The standard InChI is InChI=1S/C18H20O2/c1-12-9-13(2)17(14(3)10-12)11-15-5-7-16(8-6-15)18(19)20-4/h5-10H,11H2,1-4H3. The Morgan fingerprint density at radius 2 is 1.55 bits per heavy atom. The van der Waals surface area contributed by atoms with Gasteiger partial charge in [-0.25, -0.2) is 4.79 Å². The summed E-state index contributed by atoms with van der Waals surface area (Å²) in [7, 11) is 1.40. The fourth-order valence-corrected chi connectivity index (χ4v) is 2.57. The predicted octanol–water partition coefficient (Wildman–Crippen LogP) is 3.99. The maximum Gasteiger partial charge on any atom is 0.337 e. The van der Waals surface area contributed by atoms with Crippen molar-refractivity contribution in [2.45, 2.75) is 27.2 Å². The lowest BCUT2D eigenvalue weighted by atomic mass is 9.94. The molecule has 2 nitrogen and oxygen atoms in total. The van der Waals surface area contributed by atoms with Crippen LogP contribution in [0.25, 0.3) is 0 Å². The van der Waals surface area contributed by atoms with E-state index in [1.807, 2.05) is 24.3 Å². The first-order chi connectivity index (χ1) is 9.51. The van der Waals surface area contributed by atoms with Gasteiger partial charge < -0.3 is 4.74 Å². The summed E-state index contributed by atoms with van der Waals surface area (Å²) in [6, 6.07) is 12.0. The molecule has 2 aromatic rings. The van der Waals surface area contributed by atoms with Crippen LogP contribution >= 0.6 is 0 Å². The molecule has 2 heteroatoms. The van der Waals surface area contributed by atoms with E-state index in [1.54, 1.807) is 0 Å². The fourth-order valence-electron chi connectivity index (χ4n) is 2.57. The van der Waals surface area contributed by atoms with Crippen molar-refractivity contribution in [2.75, 3.05) is 7.11 Å². The quantitative estimate of drug-likeness (QED) is 0.787. The maximum atomic E-state index is 11.4. The van der Waals surface area contributed by atoms with Crippen LogP contribution in [0, 0.1) is 20.8 Å². The molecular formula is C18H20O2. The third-order valence-corrected chi connectivity index (χ3v) is 3.60. The smallest absolute Gasteiger partial charge is 0.337 e. The topological polar surface area (TPSA) is 26.3 Å². The molecule has 0 amide bonds. The molecule has 0 N–H and O–H groups in total. The van der Waals surface area contributed by atoms with Crippen molar-refractivity contribution in [1.29, 1.82) is 0 Å². The molecule has 0 saturated heterocycles. The normalized spacial score (nSPS) is 10.4. The van der Waals surface area contributed by atoms with Crippen LogP contribution < -0.4 is 0 Å². The Morgan fingerprint density at radius 1 is 1.00 bits per heavy atom. The SMILES string of the molecule is COC(=O)c1ccc(Cc2c(C)cc(C)cc2C)cc1. The highest BCUT2D eigenvalue weighted by molar-refractivity contribution is 5.89. The summed E-state index contributed by atoms with van der Waals surface area (Å²) < 4.78 is 4.71. The molecule has 0 unspecified atom stereocenters. The second-order valence-corrected chi connectivity index (χ2v) is 5.24. The first-order valence-corrected chi connectivity index (χ1v) is 6.75. The summed E-state index contributed by atoms with van der Waals surface area (Å²) in [5.74, 6) is -0.292. The first-order valence-electron chi connectivity index (χ1n) is 6.75. The zero-order chi connectivity index (χ0) is 14.7. The number of rotatable bonds is 3. The number of methoxy groups -OCH3 is 1. The van der Waals surface area contributed by atoms with E-state index in [0.29, 0.717) is 5.56 Å². The predicted molar refractivity (Wildman–Crippen MR) is 81.2 cm³/mol. The lowest BCUT2D eigenvalue weighted by Crippen LogP contribution is -2.01. The Balaban J connectivity index is 2.25. The molecule has 0 atom stereocenters. The van der Waals surface area contributed by atoms with Crippen molar-refractivity contribution in [3.63, 3.8) is 0 Å². The van der Waals surface area contributed by atoms with Crippen LogP contribution in [0.5, 0.6) is 0 Å². The third kappa shape index (κ3) is 3.08. The van der Waals surface area contributed by atoms with Gasteiger partial charge in [-0.05, 0) is 61.6 Å². The number of carbonyl (C=O) groups excluding carboxylic acids is 1. The number of aryl methyl sites for hydroxylation is 3. The van der Waals surface area contributed by atoms with Gasteiger partial charge in [-0.1, -0.05) is 29.8 Å². The lowest BCUT2D eigenvalue weighted by molar-refractivity contribution is 0.0600. The molecule has 2 aromatic carbocycles. The number of esters is 1. The molecule has 0 aliphatic carbocycles. The van der Waals surface area contributed by atoms with Gasteiger partial charge in [0.05, 0.1) is 12.7 Å². The Labute approximate surface area is 120 Å². The van der Waals surface area contributed by atoms with Gasteiger partial charge >= 0.3 is 5.97 Å². The van der Waals surface area contributed by atoms with Gasteiger partial charge in [0.2, 0.25) is 0 Å². The third-order valence-electron chi connectivity index (χ3n) is 3.60. The van der Waals surface area contributed by atoms with Crippen molar-refractivity contribution in [3.8, 4) is 0 Å². The van der Waals surface area contributed by atoms with E-state index >= 15 is 0 Å². The number of carbonyl (C=O) groups is 1. The molecule has 0 radical (unpaired) electrons. The zero-order valence-electron chi connectivity index (χ0n) is 12.5. The van der Waals surface area contributed by atoms with Crippen molar-refractivity contribution >= 4 is 5.97 Å². The minimum Gasteiger partial charge on any atom is -0.465 e. The molecule has 0 aliphatic heterocycles. The molecule has 0 fully saturated rings. The molecule has 104 valence electrons. The average molecular weight is 268 g/mol. The zero-order valence-corrected chi connectivity index (χ0v) is 12.5. The van der Waals surface area contributed by atoms with Gasteiger partial charge in [-0.3, -0.25) is 0 Å². The highest BCUT2D eigenvalue weighted by Gasteiger charge is 2.07. The van der Waals surface area contributed by atoms with Gasteiger partial charge in [0, 0.05) is 0 Å². The van der Waals surface area contributed by atoms with Crippen LogP contribution in [0.4, 0.5) is 0 Å². The summed E-state index contributed by atoms with van der Waals surface area (Å²) in [5.41, 5.74) is 7.09. The molecular weight excluding hydrogens is 248 g/mol. The second-order valence-electron chi connectivity index (χ2n) is 5.24. The van der Waals surface area contributed by atoms with Crippen LogP contribution in [0.3, 0.4) is 0 Å². The number of benzene rings is 2. The van der Waals surface area contributed by atoms with Gasteiger partial charge in [-0.15, -0.1) is 0 Å². The molecule has 0 aromatic heterocycles. The van der Waals surface area contributed by atoms with Gasteiger partial charge in [0.1, 0.15) is 0 Å².